The highest BCUT2D eigenvalue weighted by atomic mass is 16.5. The van der Waals surface area contributed by atoms with Crippen LogP contribution in [0.5, 0.6) is 5.75 Å². The number of nitrogens with two attached hydrogens (primary N) is 1. The van der Waals surface area contributed by atoms with E-state index in [1.807, 2.05) is 6.07 Å². The van der Waals surface area contributed by atoms with E-state index in [-0.39, 0.29) is 6.10 Å². The zero-order valence-corrected chi connectivity index (χ0v) is 8.14. The first-order chi connectivity index (χ1) is 7.29. The van der Waals surface area contributed by atoms with Crippen LogP contribution in [0.3, 0.4) is 0 Å². The van der Waals surface area contributed by atoms with Crippen LogP contribution in [-0.2, 0) is 4.74 Å². The van der Waals surface area contributed by atoms with Gasteiger partial charge in [0.15, 0.2) is 0 Å². The van der Waals surface area contributed by atoms with Crippen molar-refractivity contribution in [2.45, 2.75) is 12.5 Å². The minimum atomic E-state index is 0.144. The van der Waals surface area contributed by atoms with Crippen molar-refractivity contribution >= 4 is 5.82 Å². The number of rotatable bonds is 3. The Labute approximate surface area is 87.4 Å². The fourth-order valence-electron chi connectivity index (χ4n) is 1.25. The van der Waals surface area contributed by atoms with Gasteiger partial charge in [0.05, 0.1) is 12.3 Å². The zero-order valence-electron chi connectivity index (χ0n) is 8.14. The van der Waals surface area contributed by atoms with Gasteiger partial charge in [0.2, 0.25) is 0 Å². The van der Waals surface area contributed by atoms with E-state index < -0.39 is 0 Å². The molecule has 0 spiro atoms. The second kappa shape index (κ2) is 4.15. The fourth-order valence-corrected chi connectivity index (χ4v) is 1.25. The van der Waals surface area contributed by atoms with E-state index in [0.717, 1.165) is 13.0 Å². The van der Waals surface area contributed by atoms with Crippen LogP contribution < -0.4 is 10.5 Å². The summed E-state index contributed by atoms with van der Waals surface area (Å²) < 4.78 is 10.6. The maximum atomic E-state index is 8.80. The average Bonchev–Trinajstić information content (AvgIpc) is 2.16. The van der Waals surface area contributed by atoms with Crippen LogP contribution in [0, 0.1) is 11.3 Å². The smallest absolute Gasteiger partial charge is 0.142 e. The molecule has 5 nitrogen and oxygen atoms in total. The van der Waals surface area contributed by atoms with Gasteiger partial charge in [-0.3, -0.25) is 0 Å². The molecule has 5 heteroatoms. The summed E-state index contributed by atoms with van der Waals surface area (Å²) in [5.41, 5.74) is 5.90. The number of nitrogen functional groups attached to an aromatic ring is 1. The van der Waals surface area contributed by atoms with E-state index in [2.05, 4.69) is 4.98 Å². The maximum absolute atomic E-state index is 8.80. The monoisotopic (exact) mass is 205 g/mol. The molecule has 1 atom stereocenters. The van der Waals surface area contributed by atoms with E-state index in [0.29, 0.717) is 23.7 Å². The SMILES string of the molecule is N#Cc1cnc(N)cc1OCC1CCO1. The second-order valence-electron chi connectivity index (χ2n) is 3.31. The molecule has 1 saturated heterocycles. The van der Waals surface area contributed by atoms with Crippen LogP contribution in [-0.4, -0.2) is 24.3 Å². The van der Waals surface area contributed by atoms with Gasteiger partial charge in [-0.05, 0) is 0 Å². The predicted octanol–water partition coefficient (Wildman–Crippen LogP) is 0.703. The quantitative estimate of drug-likeness (QED) is 0.785. The standard InChI is InChI=1S/C10H11N3O2/c11-4-7-5-13-10(12)3-9(7)15-6-8-1-2-14-8/h3,5,8H,1-2,6H2,(H2,12,13). The Hall–Kier alpha value is -1.80. The third-order valence-electron chi connectivity index (χ3n) is 2.23. The zero-order chi connectivity index (χ0) is 10.7. The molecule has 1 fully saturated rings. The van der Waals surface area contributed by atoms with E-state index in [1.54, 1.807) is 6.07 Å². The van der Waals surface area contributed by atoms with Gasteiger partial charge in [-0.1, -0.05) is 0 Å². The molecule has 2 heterocycles. The van der Waals surface area contributed by atoms with Crippen molar-refractivity contribution in [1.82, 2.24) is 4.98 Å². The molecule has 1 unspecified atom stereocenters. The van der Waals surface area contributed by atoms with Crippen molar-refractivity contribution < 1.29 is 9.47 Å². The second-order valence-corrected chi connectivity index (χ2v) is 3.31. The number of hydrogen-bond donors (Lipinski definition) is 1. The van der Waals surface area contributed by atoms with E-state index in [1.165, 1.54) is 6.20 Å². The summed E-state index contributed by atoms with van der Waals surface area (Å²) in [5.74, 6) is 0.819. The molecule has 0 bridgehead atoms. The minimum Gasteiger partial charge on any atom is -0.489 e. The molecular formula is C10H11N3O2. The number of aromatic nitrogens is 1. The fraction of sp³-hybridized carbons (Fsp3) is 0.400. The number of hydrogen-bond acceptors (Lipinski definition) is 5. The lowest BCUT2D eigenvalue weighted by Gasteiger charge is -2.26. The van der Waals surface area contributed by atoms with Gasteiger partial charge in [-0.15, -0.1) is 0 Å². The summed E-state index contributed by atoms with van der Waals surface area (Å²) in [6, 6.07) is 3.55. The molecule has 1 aliphatic rings. The summed E-state index contributed by atoms with van der Waals surface area (Å²) in [6.45, 7) is 1.25. The van der Waals surface area contributed by atoms with Crippen molar-refractivity contribution in [2.24, 2.45) is 0 Å². The minimum absolute atomic E-state index is 0.144. The molecule has 2 N–H and O–H groups in total. The average molecular weight is 205 g/mol. The third-order valence-corrected chi connectivity index (χ3v) is 2.23. The Bertz CT molecular complexity index is 396. The van der Waals surface area contributed by atoms with Gasteiger partial charge in [0.25, 0.3) is 0 Å². The molecule has 0 radical (unpaired) electrons. The molecule has 78 valence electrons. The number of anilines is 1. The van der Waals surface area contributed by atoms with Crippen LogP contribution in [0.25, 0.3) is 0 Å². The van der Waals surface area contributed by atoms with Crippen LogP contribution in [0.4, 0.5) is 5.82 Å². The van der Waals surface area contributed by atoms with Crippen LogP contribution in [0.1, 0.15) is 12.0 Å². The number of nitrogens with zero attached hydrogens (tertiary/aromatic N) is 2. The molecule has 1 aromatic rings. The molecule has 0 amide bonds. The molecular weight excluding hydrogens is 194 g/mol. The molecule has 2 rings (SSSR count). The Morgan fingerprint density at radius 1 is 1.73 bits per heavy atom. The van der Waals surface area contributed by atoms with Gasteiger partial charge >= 0.3 is 0 Å². The predicted molar refractivity (Wildman–Crippen MR) is 53.2 cm³/mol. The molecule has 1 aromatic heterocycles. The van der Waals surface area contributed by atoms with E-state index in [4.69, 9.17) is 20.5 Å². The first-order valence-electron chi connectivity index (χ1n) is 4.69. The highest BCUT2D eigenvalue weighted by Crippen LogP contribution is 2.20. The van der Waals surface area contributed by atoms with Gasteiger partial charge < -0.3 is 15.2 Å². The van der Waals surface area contributed by atoms with Crippen molar-refractivity contribution in [2.75, 3.05) is 18.9 Å². The highest BCUT2D eigenvalue weighted by molar-refractivity contribution is 5.47. The van der Waals surface area contributed by atoms with Crippen LogP contribution in [0.2, 0.25) is 0 Å². The first-order valence-corrected chi connectivity index (χ1v) is 4.69. The number of nitriles is 1. The summed E-state index contributed by atoms with van der Waals surface area (Å²) in [7, 11) is 0. The van der Waals surface area contributed by atoms with Crippen molar-refractivity contribution in [3.8, 4) is 11.8 Å². The van der Waals surface area contributed by atoms with E-state index in [9.17, 15) is 0 Å². The largest absolute Gasteiger partial charge is 0.489 e. The van der Waals surface area contributed by atoms with Crippen molar-refractivity contribution in [3.05, 3.63) is 17.8 Å². The summed E-state index contributed by atoms with van der Waals surface area (Å²) in [5, 5.41) is 8.80. The highest BCUT2D eigenvalue weighted by Gasteiger charge is 2.19. The van der Waals surface area contributed by atoms with Crippen molar-refractivity contribution in [3.63, 3.8) is 0 Å². The maximum Gasteiger partial charge on any atom is 0.142 e. The van der Waals surface area contributed by atoms with Crippen molar-refractivity contribution in [1.29, 1.82) is 5.26 Å². The first kappa shape index (κ1) is 9.74. The Balaban J connectivity index is 2.05. The van der Waals surface area contributed by atoms with Gasteiger partial charge in [-0.25, -0.2) is 4.98 Å². The summed E-state index contributed by atoms with van der Waals surface area (Å²) >= 11 is 0. The van der Waals surface area contributed by atoms with Crippen LogP contribution in [0.15, 0.2) is 12.3 Å². The lowest BCUT2D eigenvalue weighted by atomic mass is 10.2. The molecule has 0 aromatic carbocycles. The molecule has 15 heavy (non-hydrogen) atoms. The number of pyridine rings is 1. The van der Waals surface area contributed by atoms with Gasteiger partial charge in [-0.2, -0.15) is 5.26 Å². The lowest BCUT2D eigenvalue weighted by Crippen LogP contribution is -2.32. The lowest BCUT2D eigenvalue weighted by molar-refractivity contribution is -0.0721. The third kappa shape index (κ3) is 2.17. The summed E-state index contributed by atoms with van der Waals surface area (Å²) in [6.07, 6.45) is 2.56. The Kier molecular flexibility index (Phi) is 2.70. The van der Waals surface area contributed by atoms with Gasteiger partial charge in [0, 0.05) is 19.1 Å². The Morgan fingerprint density at radius 3 is 3.13 bits per heavy atom. The molecule has 0 aliphatic carbocycles. The number of ether oxygens (including phenoxy) is 2. The van der Waals surface area contributed by atoms with Gasteiger partial charge in [0.1, 0.15) is 29.8 Å². The van der Waals surface area contributed by atoms with Crippen LogP contribution >= 0.6 is 0 Å². The Morgan fingerprint density at radius 2 is 2.53 bits per heavy atom. The molecule has 0 saturated carbocycles. The summed E-state index contributed by atoms with van der Waals surface area (Å²) in [4.78, 5) is 3.82. The normalized spacial score (nSPS) is 19.0. The molecule has 1 aliphatic heterocycles. The van der Waals surface area contributed by atoms with E-state index >= 15 is 0 Å². The topological polar surface area (TPSA) is 81.2 Å².